The molecule has 90 valence electrons. The highest BCUT2D eigenvalue weighted by Gasteiger charge is 2.14. The maximum Gasteiger partial charge on any atom is 0.149 e. The second kappa shape index (κ2) is 4.03. The van der Waals surface area contributed by atoms with Gasteiger partial charge in [0.15, 0.2) is 0 Å². The van der Waals surface area contributed by atoms with Crippen LogP contribution in [0.5, 0.6) is 5.75 Å². The Bertz CT molecular complexity index is 736. The molecule has 3 aromatic rings. The molecule has 0 saturated carbocycles. The predicted octanol–water partition coefficient (Wildman–Crippen LogP) is 3.05. The van der Waals surface area contributed by atoms with E-state index in [1.54, 1.807) is 12.1 Å². The fraction of sp³-hybridized carbons (Fsp3) is 0. The number of para-hydroxylation sites is 1. The van der Waals surface area contributed by atoms with E-state index in [-0.39, 0.29) is 5.75 Å². The van der Waals surface area contributed by atoms with Gasteiger partial charge in [-0.05, 0) is 40.2 Å². The first-order valence-corrected chi connectivity index (χ1v) is 6.18. The molecule has 5 heteroatoms. The first-order chi connectivity index (χ1) is 8.68. The summed E-state index contributed by atoms with van der Waals surface area (Å²) in [6.45, 7) is 0. The third-order valence-corrected chi connectivity index (χ3v) is 3.35. The van der Waals surface area contributed by atoms with Crippen LogP contribution in [0.1, 0.15) is 0 Å². The van der Waals surface area contributed by atoms with E-state index in [1.807, 2.05) is 34.9 Å². The summed E-state index contributed by atoms with van der Waals surface area (Å²) >= 11 is 3.40. The average Bonchev–Trinajstić information content (AvgIpc) is 2.69. The third kappa shape index (κ3) is 1.55. The molecule has 3 N–H and O–H groups in total. The number of fused-ring (bicyclic) bond motifs is 1. The third-order valence-electron chi connectivity index (χ3n) is 2.80. The molecule has 0 atom stereocenters. The van der Waals surface area contributed by atoms with Gasteiger partial charge in [-0.3, -0.25) is 4.40 Å². The number of aromatic nitrogens is 2. The number of hydrogen-bond donors (Lipinski definition) is 2. The zero-order valence-electron chi connectivity index (χ0n) is 9.34. The second-order valence-electron chi connectivity index (χ2n) is 3.93. The van der Waals surface area contributed by atoms with E-state index < -0.39 is 0 Å². The minimum absolute atomic E-state index is 0.194. The van der Waals surface area contributed by atoms with Crippen molar-refractivity contribution in [1.29, 1.82) is 0 Å². The van der Waals surface area contributed by atoms with Crippen LogP contribution < -0.4 is 5.73 Å². The molecule has 2 heterocycles. The van der Waals surface area contributed by atoms with E-state index in [1.165, 1.54) is 0 Å². The quantitative estimate of drug-likeness (QED) is 0.726. The summed E-state index contributed by atoms with van der Waals surface area (Å²) in [6.07, 6.45) is 1.87. The summed E-state index contributed by atoms with van der Waals surface area (Å²) in [5, 5.41) is 9.90. The molecule has 0 saturated heterocycles. The lowest BCUT2D eigenvalue weighted by Gasteiger charge is -2.04. The minimum Gasteiger partial charge on any atom is -0.507 e. The summed E-state index contributed by atoms with van der Waals surface area (Å²) in [5.41, 5.74) is 8.04. The molecule has 4 nitrogen and oxygen atoms in total. The summed E-state index contributed by atoms with van der Waals surface area (Å²) in [7, 11) is 0. The Morgan fingerprint density at radius 3 is 2.72 bits per heavy atom. The van der Waals surface area contributed by atoms with Crippen LogP contribution in [-0.2, 0) is 0 Å². The number of nitrogens with zero attached hydrogens (tertiary/aromatic N) is 2. The smallest absolute Gasteiger partial charge is 0.149 e. The molecule has 0 aliphatic heterocycles. The predicted molar refractivity (Wildman–Crippen MR) is 74.4 cm³/mol. The molecular formula is C13H10BrN3O. The summed E-state index contributed by atoms with van der Waals surface area (Å²) in [6, 6.07) is 10.8. The van der Waals surface area contributed by atoms with Crippen LogP contribution in [0.15, 0.2) is 47.2 Å². The van der Waals surface area contributed by atoms with Crippen molar-refractivity contribution < 1.29 is 5.11 Å². The molecular weight excluding hydrogens is 294 g/mol. The normalized spacial score (nSPS) is 10.9. The topological polar surface area (TPSA) is 63.5 Å². The molecule has 0 aliphatic rings. The number of benzene rings is 1. The van der Waals surface area contributed by atoms with Crippen molar-refractivity contribution in [2.45, 2.75) is 0 Å². The summed E-state index contributed by atoms with van der Waals surface area (Å²) in [5.74, 6) is 0.849. The number of halogens is 1. The molecule has 2 aromatic heterocycles. The fourth-order valence-electron chi connectivity index (χ4n) is 1.97. The Morgan fingerprint density at radius 1 is 1.17 bits per heavy atom. The maximum atomic E-state index is 9.90. The van der Waals surface area contributed by atoms with Gasteiger partial charge >= 0.3 is 0 Å². The lowest BCUT2D eigenvalue weighted by atomic mass is 10.2. The largest absolute Gasteiger partial charge is 0.507 e. The number of anilines is 1. The van der Waals surface area contributed by atoms with E-state index in [4.69, 9.17) is 5.73 Å². The first kappa shape index (κ1) is 11.1. The van der Waals surface area contributed by atoms with Gasteiger partial charge in [0, 0.05) is 6.20 Å². The highest BCUT2D eigenvalue weighted by atomic mass is 79.9. The highest BCUT2D eigenvalue weighted by molar-refractivity contribution is 9.10. The van der Waals surface area contributed by atoms with Gasteiger partial charge in [0.2, 0.25) is 0 Å². The van der Waals surface area contributed by atoms with Gasteiger partial charge in [-0.15, -0.1) is 0 Å². The van der Waals surface area contributed by atoms with Gasteiger partial charge < -0.3 is 10.8 Å². The molecule has 0 aliphatic carbocycles. The van der Waals surface area contributed by atoms with Gasteiger partial charge in [-0.1, -0.05) is 12.1 Å². The van der Waals surface area contributed by atoms with Crippen molar-refractivity contribution in [3.8, 4) is 17.1 Å². The van der Waals surface area contributed by atoms with Crippen molar-refractivity contribution in [3.63, 3.8) is 0 Å². The van der Waals surface area contributed by atoms with E-state index >= 15 is 0 Å². The Hall–Kier alpha value is -2.01. The van der Waals surface area contributed by atoms with Crippen LogP contribution in [0, 0.1) is 0 Å². The standard InChI is InChI=1S/C13H10BrN3O/c14-12-11-9(15)5-3-7-17(11)13(16-12)8-4-1-2-6-10(8)18/h1-7,18H,15H2. The van der Waals surface area contributed by atoms with Crippen molar-refractivity contribution in [3.05, 3.63) is 47.2 Å². The SMILES string of the molecule is Nc1cccn2c(-c3ccccc3O)nc(Br)c12. The molecule has 0 amide bonds. The fourth-order valence-corrected chi connectivity index (χ4v) is 2.56. The number of rotatable bonds is 1. The number of pyridine rings is 1. The molecule has 0 spiro atoms. The average molecular weight is 304 g/mol. The highest BCUT2D eigenvalue weighted by Crippen LogP contribution is 2.33. The van der Waals surface area contributed by atoms with Gasteiger partial charge in [-0.2, -0.15) is 0 Å². The van der Waals surface area contributed by atoms with E-state index in [0.29, 0.717) is 21.7 Å². The van der Waals surface area contributed by atoms with Crippen LogP contribution in [0.25, 0.3) is 16.9 Å². The Kier molecular flexibility index (Phi) is 2.48. The van der Waals surface area contributed by atoms with Crippen LogP contribution in [0.3, 0.4) is 0 Å². The van der Waals surface area contributed by atoms with Gasteiger partial charge in [-0.25, -0.2) is 4.98 Å². The van der Waals surface area contributed by atoms with Crippen LogP contribution in [-0.4, -0.2) is 14.5 Å². The van der Waals surface area contributed by atoms with Crippen LogP contribution in [0.4, 0.5) is 5.69 Å². The van der Waals surface area contributed by atoms with Gasteiger partial charge in [0.25, 0.3) is 0 Å². The zero-order chi connectivity index (χ0) is 12.7. The number of phenolic OH excluding ortho intramolecular Hbond substituents is 1. The van der Waals surface area contributed by atoms with E-state index in [0.717, 1.165) is 5.52 Å². The molecule has 0 fully saturated rings. The van der Waals surface area contributed by atoms with Crippen molar-refractivity contribution in [1.82, 2.24) is 9.38 Å². The number of hydrogen-bond acceptors (Lipinski definition) is 3. The van der Waals surface area contributed by atoms with Gasteiger partial charge in [0.05, 0.1) is 11.3 Å². The van der Waals surface area contributed by atoms with Crippen molar-refractivity contribution in [2.75, 3.05) is 5.73 Å². The molecule has 0 bridgehead atoms. The number of imidazole rings is 1. The molecule has 0 unspecified atom stereocenters. The van der Waals surface area contributed by atoms with Crippen LogP contribution in [0.2, 0.25) is 0 Å². The molecule has 0 radical (unpaired) electrons. The first-order valence-electron chi connectivity index (χ1n) is 5.39. The lowest BCUT2D eigenvalue weighted by molar-refractivity contribution is 0.477. The van der Waals surface area contributed by atoms with E-state index in [9.17, 15) is 5.11 Å². The van der Waals surface area contributed by atoms with E-state index in [2.05, 4.69) is 20.9 Å². The number of phenols is 1. The Labute approximate surface area is 112 Å². The lowest BCUT2D eigenvalue weighted by Crippen LogP contribution is -1.93. The van der Waals surface area contributed by atoms with Crippen LogP contribution >= 0.6 is 15.9 Å². The monoisotopic (exact) mass is 303 g/mol. The zero-order valence-corrected chi connectivity index (χ0v) is 10.9. The van der Waals surface area contributed by atoms with Crippen molar-refractivity contribution in [2.24, 2.45) is 0 Å². The molecule has 1 aromatic carbocycles. The summed E-state index contributed by atoms with van der Waals surface area (Å²) in [4.78, 5) is 4.42. The summed E-state index contributed by atoms with van der Waals surface area (Å²) < 4.78 is 2.52. The number of nitrogens with two attached hydrogens (primary N) is 1. The molecule has 3 rings (SSSR count). The second-order valence-corrected chi connectivity index (χ2v) is 4.68. The Balaban J connectivity index is 2.38. The molecule has 18 heavy (non-hydrogen) atoms. The Morgan fingerprint density at radius 2 is 1.94 bits per heavy atom. The minimum atomic E-state index is 0.194. The van der Waals surface area contributed by atoms with Gasteiger partial charge in [0.1, 0.15) is 21.7 Å². The van der Waals surface area contributed by atoms with Crippen molar-refractivity contribution >= 4 is 27.1 Å². The number of nitrogen functional groups attached to an aromatic ring is 1. The number of aromatic hydroxyl groups is 1. The maximum absolute atomic E-state index is 9.90.